The highest BCUT2D eigenvalue weighted by Gasteiger charge is 2.17. The molecule has 1 heterocycles. The van der Waals surface area contributed by atoms with E-state index in [1.807, 2.05) is 7.05 Å². The number of imidazole rings is 1. The number of aromatic amines is 1. The first-order valence-electron chi connectivity index (χ1n) is 6.53. The molecule has 4 nitrogen and oxygen atoms in total. The third-order valence-electron chi connectivity index (χ3n) is 3.56. The van der Waals surface area contributed by atoms with Gasteiger partial charge in [-0.05, 0) is 66.5 Å². The fourth-order valence-corrected chi connectivity index (χ4v) is 2.95. The molecule has 2 aromatic rings. The van der Waals surface area contributed by atoms with Crippen LogP contribution in [0.2, 0.25) is 0 Å². The summed E-state index contributed by atoms with van der Waals surface area (Å²) >= 11 is 3.58. The van der Waals surface area contributed by atoms with Crippen LogP contribution in [0, 0.1) is 20.8 Å². The summed E-state index contributed by atoms with van der Waals surface area (Å²) in [6, 6.07) is 2.07. The SMILES string of the molecule is CNCc1nc(-c2c(C)cc(OC)c(C)c2C)c(Br)[nH]1. The van der Waals surface area contributed by atoms with Crippen molar-refractivity contribution in [3.63, 3.8) is 0 Å². The van der Waals surface area contributed by atoms with Gasteiger partial charge in [-0.25, -0.2) is 4.98 Å². The molecule has 0 amide bonds. The number of rotatable bonds is 4. The monoisotopic (exact) mass is 337 g/mol. The zero-order chi connectivity index (χ0) is 14.9. The van der Waals surface area contributed by atoms with E-state index in [4.69, 9.17) is 4.74 Å². The van der Waals surface area contributed by atoms with Crippen molar-refractivity contribution < 1.29 is 4.74 Å². The van der Waals surface area contributed by atoms with Gasteiger partial charge in [0.05, 0.1) is 13.7 Å². The summed E-state index contributed by atoms with van der Waals surface area (Å²) in [7, 11) is 3.61. The lowest BCUT2D eigenvalue weighted by atomic mass is 9.95. The van der Waals surface area contributed by atoms with Crippen molar-refractivity contribution in [2.75, 3.05) is 14.2 Å². The van der Waals surface area contributed by atoms with Gasteiger partial charge < -0.3 is 15.0 Å². The van der Waals surface area contributed by atoms with E-state index in [1.54, 1.807) is 7.11 Å². The molecule has 0 aliphatic carbocycles. The largest absolute Gasteiger partial charge is 0.496 e. The number of nitrogens with one attached hydrogen (secondary N) is 2. The van der Waals surface area contributed by atoms with Gasteiger partial charge in [-0.1, -0.05) is 0 Å². The molecular weight excluding hydrogens is 318 g/mol. The highest BCUT2D eigenvalue weighted by Crippen LogP contribution is 2.36. The van der Waals surface area contributed by atoms with Gasteiger partial charge in [0.25, 0.3) is 0 Å². The van der Waals surface area contributed by atoms with E-state index in [9.17, 15) is 0 Å². The van der Waals surface area contributed by atoms with Crippen LogP contribution in [0.1, 0.15) is 22.5 Å². The predicted molar refractivity (Wildman–Crippen MR) is 85.3 cm³/mol. The van der Waals surface area contributed by atoms with Crippen LogP contribution in [0.25, 0.3) is 11.3 Å². The summed E-state index contributed by atoms with van der Waals surface area (Å²) in [5.41, 5.74) is 5.63. The summed E-state index contributed by atoms with van der Waals surface area (Å²) < 4.78 is 6.34. The van der Waals surface area contributed by atoms with Crippen LogP contribution in [-0.2, 0) is 6.54 Å². The molecule has 0 atom stereocenters. The Hall–Kier alpha value is -1.33. The fraction of sp³-hybridized carbons (Fsp3) is 0.400. The van der Waals surface area contributed by atoms with Crippen LogP contribution in [0.5, 0.6) is 5.75 Å². The number of hydrogen-bond donors (Lipinski definition) is 2. The molecule has 1 aromatic carbocycles. The number of aryl methyl sites for hydroxylation is 1. The van der Waals surface area contributed by atoms with E-state index in [-0.39, 0.29) is 0 Å². The average Bonchev–Trinajstić information content (AvgIpc) is 2.75. The summed E-state index contributed by atoms with van der Waals surface area (Å²) in [4.78, 5) is 7.94. The van der Waals surface area contributed by atoms with Gasteiger partial charge in [0.15, 0.2) is 0 Å². The summed E-state index contributed by atoms with van der Waals surface area (Å²) in [5.74, 6) is 1.84. The molecule has 0 spiro atoms. The molecule has 1 aromatic heterocycles. The van der Waals surface area contributed by atoms with Crippen LogP contribution in [-0.4, -0.2) is 24.1 Å². The topological polar surface area (TPSA) is 49.9 Å². The van der Waals surface area contributed by atoms with Crippen LogP contribution in [0.3, 0.4) is 0 Å². The first kappa shape index (κ1) is 15.1. The van der Waals surface area contributed by atoms with Gasteiger partial charge in [-0.2, -0.15) is 0 Å². The minimum atomic E-state index is 0.714. The second-order valence-electron chi connectivity index (χ2n) is 4.90. The molecule has 2 N–H and O–H groups in total. The first-order chi connectivity index (χ1) is 9.49. The van der Waals surface area contributed by atoms with E-state index in [0.29, 0.717) is 6.54 Å². The number of ether oxygens (including phenoxy) is 1. The maximum Gasteiger partial charge on any atom is 0.122 e. The molecular formula is C15H20BrN3O. The van der Waals surface area contributed by atoms with Crippen molar-refractivity contribution in [3.8, 4) is 17.0 Å². The van der Waals surface area contributed by atoms with E-state index in [0.717, 1.165) is 38.6 Å². The number of H-pyrrole nitrogens is 1. The Labute approximate surface area is 128 Å². The number of benzene rings is 1. The van der Waals surface area contributed by atoms with E-state index < -0.39 is 0 Å². The minimum absolute atomic E-state index is 0.714. The fourth-order valence-electron chi connectivity index (χ4n) is 2.44. The Morgan fingerprint density at radius 1 is 1.30 bits per heavy atom. The lowest BCUT2D eigenvalue weighted by molar-refractivity contribution is 0.411. The van der Waals surface area contributed by atoms with Crippen molar-refractivity contribution >= 4 is 15.9 Å². The van der Waals surface area contributed by atoms with Crippen LogP contribution < -0.4 is 10.1 Å². The Balaban J connectivity index is 2.61. The third-order valence-corrected chi connectivity index (χ3v) is 4.13. The zero-order valence-corrected chi connectivity index (χ0v) is 14.1. The van der Waals surface area contributed by atoms with Gasteiger partial charge in [0, 0.05) is 5.56 Å². The molecule has 108 valence electrons. The second kappa shape index (κ2) is 5.97. The molecule has 0 fully saturated rings. The van der Waals surface area contributed by atoms with Crippen LogP contribution in [0.15, 0.2) is 10.7 Å². The minimum Gasteiger partial charge on any atom is -0.496 e. The Bertz CT molecular complexity index is 635. The van der Waals surface area contributed by atoms with Gasteiger partial charge in [0.2, 0.25) is 0 Å². The quantitative estimate of drug-likeness (QED) is 0.897. The first-order valence-corrected chi connectivity index (χ1v) is 7.33. The predicted octanol–water partition coefficient (Wildman–Crippen LogP) is 3.49. The number of nitrogens with zero attached hydrogens (tertiary/aromatic N) is 1. The van der Waals surface area contributed by atoms with Gasteiger partial charge in [0.1, 0.15) is 21.9 Å². The molecule has 0 saturated heterocycles. The van der Waals surface area contributed by atoms with Gasteiger partial charge in [-0.15, -0.1) is 0 Å². The Morgan fingerprint density at radius 2 is 2.00 bits per heavy atom. The van der Waals surface area contributed by atoms with Crippen LogP contribution in [0.4, 0.5) is 0 Å². The number of hydrogen-bond acceptors (Lipinski definition) is 3. The lowest BCUT2D eigenvalue weighted by Gasteiger charge is -2.15. The molecule has 20 heavy (non-hydrogen) atoms. The maximum atomic E-state index is 5.42. The zero-order valence-electron chi connectivity index (χ0n) is 12.5. The van der Waals surface area contributed by atoms with Crippen molar-refractivity contribution in [2.45, 2.75) is 27.3 Å². The van der Waals surface area contributed by atoms with Gasteiger partial charge >= 0.3 is 0 Å². The number of methoxy groups -OCH3 is 1. The second-order valence-corrected chi connectivity index (χ2v) is 5.69. The highest BCUT2D eigenvalue weighted by atomic mass is 79.9. The molecule has 5 heteroatoms. The summed E-state index contributed by atoms with van der Waals surface area (Å²) in [6.07, 6.45) is 0. The lowest BCUT2D eigenvalue weighted by Crippen LogP contribution is -2.06. The Kier molecular flexibility index (Phi) is 4.50. The summed E-state index contributed by atoms with van der Waals surface area (Å²) in [6.45, 7) is 6.99. The molecule has 0 unspecified atom stereocenters. The number of aromatic nitrogens is 2. The highest BCUT2D eigenvalue weighted by molar-refractivity contribution is 9.10. The molecule has 0 saturated carbocycles. The molecule has 0 aliphatic rings. The molecule has 0 aliphatic heterocycles. The molecule has 0 radical (unpaired) electrons. The van der Waals surface area contributed by atoms with Crippen LogP contribution >= 0.6 is 15.9 Å². The molecule has 0 bridgehead atoms. The smallest absolute Gasteiger partial charge is 0.122 e. The van der Waals surface area contributed by atoms with E-state index in [1.165, 1.54) is 5.56 Å². The normalized spacial score (nSPS) is 10.9. The van der Waals surface area contributed by atoms with Crippen molar-refractivity contribution in [3.05, 3.63) is 33.2 Å². The van der Waals surface area contributed by atoms with Crippen molar-refractivity contribution in [1.82, 2.24) is 15.3 Å². The standard InChI is InChI=1S/C15H20BrN3O/c1-8-6-11(20-5)9(2)10(3)13(8)14-15(16)19-12(18-14)7-17-4/h6,17H,7H2,1-5H3,(H,18,19). The number of halogens is 1. The van der Waals surface area contributed by atoms with E-state index in [2.05, 4.69) is 58.1 Å². The summed E-state index contributed by atoms with van der Waals surface area (Å²) in [5, 5.41) is 3.10. The van der Waals surface area contributed by atoms with Gasteiger partial charge in [-0.3, -0.25) is 0 Å². The maximum absolute atomic E-state index is 5.42. The Morgan fingerprint density at radius 3 is 2.60 bits per heavy atom. The third kappa shape index (κ3) is 2.60. The van der Waals surface area contributed by atoms with E-state index >= 15 is 0 Å². The average molecular weight is 338 g/mol. The van der Waals surface area contributed by atoms with Crippen molar-refractivity contribution in [1.29, 1.82) is 0 Å². The molecule has 2 rings (SSSR count). The van der Waals surface area contributed by atoms with Crippen molar-refractivity contribution in [2.24, 2.45) is 0 Å².